The standard InChI is InChI=1S/C13H8O2/c14-9-3-4-10-7-8-13(15)12-6-2-1-5-11(10)12/h1-2,5-9,15H. The maximum atomic E-state index is 10.2. The highest BCUT2D eigenvalue weighted by atomic mass is 16.3. The Labute approximate surface area is 87.2 Å². The minimum atomic E-state index is 0.224. The lowest BCUT2D eigenvalue weighted by Crippen LogP contribution is -1.80. The first-order valence-electron chi connectivity index (χ1n) is 4.49. The van der Waals surface area contributed by atoms with Crippen LogP contribution in [0.1, 0.15) is 5.56 Å². The molecule has 0 spiro atoms. The maximum Gasteiger partial charge on any atom is 0.193 e. The number of phenolic OH excluding ortho intramolecular Hbond substituents is 1. The fourth-order valence-electron chi connectivity index (χ4n) is 1.50. The number of rotatable bonds is 0. The zero-order valence-electron chi connectivity index (χ0n) is 7.90. The normalized spacial score (nSPS) is 9.33. The van der Waals surface area contributed by atoms with Crippen molar-refractivity contribution in [3.05, 3.63) is 42.0 Å². The van der Waals surface area contributed by atoms with E-state index in [-0.39, 0.29) is 5.75 Å². The molecule has 0 aliphatic heterocycles. The third-order valence-corrected chi connectivity index (χ3v) is 2.17. The van der Waals surface area contributed by atoms with Crippen LogP contribution in [-0.4, -0.2) is 11.4 Å². The molecule has 0 unspecified atom stereocenters. The number of hydrogen-bond donors (Lipinski definition) is 1. The molecule has 0 fully saturated rings. The fraction of sp³-hybridized carbons (Fsp3) is 0. The van der Waals surface area contributed by atoms with Crippen LogP contribution in [0, 0.1) is 11.8 Å². The quantitative estimate of drug-likeness (QED) is 0.517. The molecule has 0 bridgehead atoms. The summed E-state index contributed by atoms with van der Waals surface area (Å²) in [5.41, 5.74) is 0.746. The van der Waals surface area contributed by atoms with E-state index in [1.54, 1.807) is 12.1 Å². The van der Waals surface area contributed by atoms with Crippen molar-refractivity contribution in [1.82, 2.24) is 0 Å². The Hall–Kier alpha value is -2.27. The van der Waals surface area contributed by atoms with Crippen LogP contribution < -0.4 is 0 Å². The number of phenols is 1. The van der Waals surface area contributed by atoms with E-state index in [1.165, 1.54) is 0 Å². The molecule has 0 aliphatic rings. The van der Waals surface area contributed by atoms with Crippen molar-refractivity contribution in [2.24, 2.45) is 0 Å². The van der Waals surface area contributed by atoms with Gasteiger partial charge in [0.1, 0.15) is 5.75 Å². The lowest BCUT2D eigenvalue weighted by molar-refractivity contribution is -0.103. The largest absolute Gasteiger partial charge is 0.507 e. The van der Waals surface area contributed by atoms with Gasteiger partial charge in [-0.3, -0.25) is 4.79 Å². The monoisotopic (exact) mass is 196 g/mol. The summed E-state index contributed by atoms with van der Waals surface area (Å²) < 4.78 is 0. The zero-order chi connectivity index (χ0) is 10.7. The highest BCUT2D eigenvalue weighted by Gasteiger charge is 2.01. The van der Waals surface area contributed by atoms with E-state index in [4.69, 9.17) is 0 Å². The van der Waals surface area contributed by atoms with Crippen molar-refractivity contribution in [2.75, 3.05) is 0 Å². The molecule has 15 heavy (non-hydrogen) atoms. The van der Waals surface area contributed by atoms with Crippen molar-refractivity contribution in [3.63, 3.8) is 0 Å². The Morgan fingerprint density at radius 3 is 2.53 bits per heavy atom. The van der Waals surface area contributed by atoms with Gasteiger partial charge in [-0.25, -0.2) is 0 Å². The van der Waals surface area contributed by atoms with Gasteiger partial charge in [0.2, 0.25) is 0 Å². The number of benzene rings is 2. The first-order chi connectivity index (χ1) is 7.33. The third kappa shape index (κ3) is 1.68. The Bertz CT molecular complexity index is 574. The van der Waals surface area contributed by atoms with Crippen LogP contribution in [0.15, 0.2) is 36.4 Å². The van der Waals surface area contributed by atoms with Crippen LogP contribution in [0.3, 0.4) is 0 Å². The van der Waals surface area contributed by atoms with Gasteiger partial charge in [0.15, 0.2) is 6.29 Å². The number of carbonyl (C=O) groups is 1. The first kappa shape index (κ1) is 9.29. The molecule has 0 amide bonds. The second-order valence-corrected chi connectivity index (χ2v) is 3.07. The van der Waals surface area contributed by atoms with E-state index in [2.05, 4.69) is 11.8 Å². The number of carbonyl (C=O) groups excluding carboxylic acids is 1. The van der Waals surface area contributed by atoms with Crippen LogP contribution in [0.4, 0.5) is 0 Å². The van der Waals surface area contributed by atoms with E-state index >= 15 is 0 Å². The van der Waals surface area contributed by atoms with Gasteiger partial charge < -0.3 is 5.11 Å². The molecule has 0 heterocycles. The summed E-state index contributed by atoms with van der Waals surface area (Å²) in [5.74, 6) is 5.32. The molecule has 2 aromatic rings. The minimum absolute atomic E-state index is 0.224. The second kappa shape index (κ2) is 3.85. The van der Waals surface area contributed by atoms with E-state index in [9.17, 15) is 9.90 Å². The lowest BCUT2D eigenvalue weighted by atomic mass is 10.0. The summed E-state index contributed by atoms with van der Waals surface area (Å²) in [6, 6.07) is 10.7. The molecular weight excluding hydrogens is 188 g/mol. The average Bonchev–Trinajstić information content (AvgIpc) is 2.29. The molecule has 0 saturated carbocycles. The Balaban J connectivity index is 2.77. The zero-order valence-corrected chi connectivity index (χ0v) is 7.90. The summed E-state index contributed by atoms with van der Waals surface area (Å²) in [6.07, 6.45) is 0.557. The molecule has 2 aromatic carbocycles. The van der Waals surface area contributed by atoms with Crippen molar-refractivity contribution in [1.29, 1.82) is 0 Å². The van der Waals surface area contributed by atoms with Crippen molar-refractivity contribution in [2.45, 2.75) is 0 Å². The van der Waals surface area contributed by atoms with E-state index < -0.39 is 0 Å². The number of aromatic hydroxyl groups is 1. The molecule has 2 rings (SSSR count). The van der Waals surface area contributed by atoms with E-state index in [0.29, 0.717) is 6.29 Å². The lowest BCUT2D eigenvalue weighted by Gasteiger charge is -2.02. The van der Waals surface area contributed by atoms with Gasteiger partial charge >= 0.3 is 0 Å². The summed E-state index contributed by atoms with van der Waals surface area (Å²) in [7, 11) is 0. The predicted octanol–water partition coefficient (Wildman–Crippen LogP) is 2.10. The number of fused-ring (bicyclic) bond motifs is 1. The maximum absolute atomic E-state index is 10.2. The smallest absolute Gasteiger partial charge is 0.193 e. The average molecular weight is 196 g/mol. The molecule has 2 nitrogen and oxygen atoms in total. The van der Waals surface area contributed by atoms with Crippen molar-refractivity contribution < 1.29 is 9.90 Å². The van der Waals surface area contributed by atoms with Crippen molar-refractivity contribution >= 4 is 17.1 Å². The summed E-state index contributed by atoms with van der Waals surface area (Å²) >= 11 is 0. The first-order valence-corrected chi connectivity index (χ1v) is 4.49. The van der Waals surface area contributed by atoms with Gasteiger partial charge in [-0.15, -0.1) is 0 Å². The molecule has 0 aliphatic carbocycles. The van der Waals surface area contributed by atoms with Crippen LogP contribution in [0.25, 0.3) is 10.8 Å². The van der Waals surface area contributed by atoms with Gasteiger partial charge in [-0.05, 0) is 18.1 Å². The Kier molecular flexibility index (Phi) is 2.38. The molecule has 1 N–H and O–H groups in total. The predicted molar refractivity (Wildman–Crippen MR) is 58.6 cm³/mol. The molecule has 2 heteroatoms. The topological polar surface area (TPSA) is 37.3 Å². The van der Waals surface area contributed by atoms with Gasteiger partial charge in [-0.2, -0.15) is 0 Å². The van der Waals surface area contributed by atoms with Gasteiger partial charge in [0.05, 0.1) is 0 Å². The summed E-state index contributed by atoms with van der Waals surface area (Å²) in [5, 5.41) is 11.2. The van der Waals surface area contributed by atoms with Crippen LogP contribution in [0.2, 0.25) is 0 Å². The van der Waals surface area contributed by atoms with Crippen LogP contribution >= 0.6 is 0 Å². The Morgan fingerprint density at radius 1 is 1.07 bits per heavy atom. The fourth-order valence-corrected chi connectivity index (χ4v) is 1.50. The molecule has 72 valence electrons. The summed E-state index contributed by atoms with van der Waals surface area (Å²) in [4.78, 5) is 10.2. The number of aldehydes is 1. The van der Waals surface area contributed by atoms with Gasteiger partial charge in [0, 0.05) is 16.3 Å². The van der Waals surface area contributed by atoms with Gasteiger partial charge in [0.25, 0.3) is 0 Å². The molecule has 0 atom stereocenters. The Morgan fingerprint density at radius 2 is 1.80 bits per heavy atom. The summed E-state index contributed by atoms with van der Waals surface area (Å²) in [6.45, 7) is 0. The molecular formula is C13H8O2. The SMILES string of the molecule is O=CC#Cc1ccc(O)c2ccccc12. The molecule has 0 saturated heterocycles. The van der Waals surface area contributed by atoms with E-state index in [1.807, 2.05) is 24.3 Å². The number of hydrogen-bond acceptors (Lipinski definition) is 2. The van der Waals surface area contributed by atoms with Crippen LogP contribution in [-0.2, 0) is 4.79 Å². The highest BCUT2D eigenvalue weighted by molar-refractivity contribution is 5.93. The molecule has 0 aromatic heterocycles. The van der Waals surface area contributed by atoms with E-state index in [0.717, 1.165) is 16.3 Å². The van der Waals surface area contributed by atoms with Crippen LogP contribution in [0.5, 0.6) is 5.75 Å². The molecule has 0 radical (unpaired) electrons. The second-order valence-electron chi connectivity index (χ2n) is 3.07. The van der Waals surface area contributed by atoms with Crippen molar-refractivity contribution in [3.8, 4) is 17.6 Å². The third-order valence-electron chi connectivity index (χ3n) is 2.17. The van der Waals surface area contributed by atoms with Gasteiger partial charge in [-0.1, -0.05) is 30.2 Å². The minimum Gasteiger partial charge on any atom is -0.507 e. The highest BCUT2D eigenvalue weighted by Crippen LogP contribution is 2.26.